The number of ether oxygens (including phenoxy) is 1. The van der Waals surface area contributed by atoms with Crippen molar-refractivity contribution in [1.82, 2.24) is 0 Å². The van der Waals surface area contributed by atoms with Gasteiger partial charge in [-0.25, -0.2) is 0 Å². The zero-order chi connectivity index (χ0) is 11.3. The molecule has 0 heterocycles. The van der Waals surface area contributed by atoms with E-state index in [-0.39, 0.29) is 12.4 Å². The van der Waals surface area contributed by atoms with E-state index in [2.05, 4.69) is 0 Å². The van der Waals surface area contributed by atoms with Crippen LogP contribution in [0.4, 0.5) is 0 Å². The molecule has 4 nitrogen and oxygen atoms in total. The highest BCUT2D eigenvalue weighted by molar-refractivity contribution is 5.41. The van der Waals surface area contributed by atoms with Gasteiger partial charge in [-0.3, -0.25) is 0 Å². The second-order valence-corrected chi connectivity index (χ2v) is 3.38. The van der Waals surface area contributed by atoms with Gasteiger partial charge in [-0.1, -0.05) is 6.07 Å². The first-order chi connectivity index (χ1) is 7.17. The summed E-state index contributed by atoms with van der Waals surface area (Å²) in [5.74, 6) is 0.474. The van der Waals surface area contributed by atoms with Gasteiger partial charge in [0.2, 0.25) is 0 Å². The molecule has 1 rings (SSSR count). The molecular weight excluding hydrogens is 196 g/mol. The molecule has 15 heavy (non-hydrogen) atoms. The Labute approximate surface area is 88.8 Å². The van der Waals surface area contributed by atoms with E-state index in [4.69, 9.17) is 9.84 Å². The van der Waals surface area contributed by atoms with Crippen LogP contribution in [0.25, 0.3) is 0 Å². The highest BCUT2D eigenvalue weighted by Gasteiger charge is 2.07. The first kappa shape index (κ1) is 11.8. The van der Waals surface area contributed by atoms with Gasteiger partial charge in [-0.2, -0.15) is 0 Å². The number of methoxy groups -OCH3 is 1. The minimum absolute atomic E-state index is 0.0314. The van der Waals surface area contributed by atoms with Crippen molar-refractivity contribution in [2.24, 2.45) is 0 Å². The van der Waals surface area contributed by atoms with Gasteiger partial charge >= 0.3 is 0 Å². The van der Waals surface area contributed by atoms with Crippen molar-refractivity contribution in [3.05, 3.63) is 23.8 Å². The van der Waals surface area contributed by atoms with Crippen LogP contribution in [0.3, 0.4) is 0 Å². The van der Waals surface area contributed by atoms with Crippen LogP contribution in [0, 0.1) is 0 Å². The first-order valence-corrected chi connectivity index (χ1v) is 4.82. The van der Waals surface area contributed by atoms with Gasteiger partial charge in [0.05, 0.1) is 13.2 Å². The molecule has 1 unspecified atom stereocenters. The average molecular weight is 212 g/mol. The van der Waals surface area contributed by atoms with Crippen molar-refractivity contribution >= 4 is 0 Å². The van der Waals surface area contributed by atoms with Crippen LogP contribution in [0.2, 0.25) is 0 Å². The lowest BCUT2D eigenvalue weighted by Gasteiger charge is -2.10. The van der Waals surface area contributed by atoms with Crippen LogP contribution in [-0.4, -0.2) is 35.1 Å². The van der Waals surface area contributed by atoms with E-state index in [1.54, 1.807) is 12.1 Å². The Kier molecular flexibility index (Phi) is 4.39. The molecule has 1 atom stereocenters. The van der Waals surface area contributed by atoms with E-state index in [0.717, 1.165) is 5.56 Å². The van der Waals surface area contributed by atoms with E-state index in [1.807, 2.05) is 0 Å². The zero-order valence-electron chi connectivity index (χ0n) is 8.68. The zero-order valence-corrected chi connectivity index (χ0v) is 8.68. The molecule has 0 aromatic heterocycles. The van der Waals surface area contributed by atoms with Gasteiger partial charge in [0.15, 0.2) is 11.5 Å². The van der Waals surface area contributed by atoms with Crippen molar-refractivity contribution in [1.29, 1.82) is 0 Å². The number of hydrogen-bond donors (Lipinski definition) is 3. The van der Waals surface area contributed by atoms with Crippen molar-refractivity contribution in [2.45, 2.75) is 18.9 Å². The molecule has 0 fully saturated rings. The maximum absolute atomic E-state index is 9.47. The third-order valence-electron chi connectivity index (χ3n) is 2.18. The van der Waals surface area contributed by atoms with Crippen molar-refractivity contribution < 1.29 is 20.1 Å². The first-order valence-electron chi connectivity index (χ1n) is 4.82. The van der Waals surface area contributed by atoms with Gasteiger partial charge < -0.3 is 20.1 Å². The monoisotopic (exact) mass is 212 g/mol. The van der Waals surface area contributed by atoms with Crippen molar-refractivity contribution in [3.63, 3.8) is 0 Å². The number of rotatable bonds is 5. The lowest BCUT2D eigenvalue weighted by molar-refractivity contribution is 0.133. The molecule has 1 aromatic rings. The molecule has 0 spiro atoms. The Morgan fingerprint density at radius 1 is 1.40 bits per heavy atom. The van der Waals surface area contributed by atoms with E-state index < -0.39 is 6.10 Å². The van der Waals surface area contributed by atoms with Crippen molar-refractivity contribution in [3.8, 4) is 11.5 Å². The Hall–Kier alpha value is -1.26. The third-order valence-corrected chi connectivity index (χ3v) is 2.18. The summed E-state index contributed by atoms with van der Waals surface area (Å²) in [5, 5.41) is 27.5. The number of aliphatic hydroxyl groups is 2. The summed E-state index contributed by atoms with van der Waals surface area (Å²) in [6, 6.07) is 4.92. The fourth-order valence-electron chi connectivity index (χ4n) is 1.37. The van der Waals surface area contributed by atoms with E-state index in [0.29, 0.717) is 18.6 Å². The molecule has 0 aliphatic heterocycles. The maximum atomic E-state index is 9.47. The molecule has 0 saturated heterocycles. The summed E-state index contributed by atoms with van der Waals surface area (Å²) in [7, 11) is 1.48. The SMILES string of the molecule is COc1cc(CC(O)CCO)ccc1O. The molecule has 0 amide bonds. The molecule has 0 aliphatic carbocycles. The topological polar surface area (TPSA) is 69.9 Å². The second kappa shape index (κ2) is 5.58. The average Bonchev–Trinajstić information content (AvgIpc) is 2.21. The summed E-state index contributed by atoms with van der Waals surface area (Å²) < 4.78 is 4.95. The highest BCUT2D eigenvalue weighted by atomic mass is 16.5. The lowest BCUT2D eigenvalue weighted by Crippen LogP contribution is -2.12. The van der Waals surface area contributed by atoms with E-state index in [1.165, 1.54) is 13.2 Å². The second-order valence-electron chi connectivity index (χ2n) is 3.38. The quantitative estimate of drug-likeness (QED) is 0.671. The number of phenolic OH excluding ortho intramolecular Hbond substituents is 1. The third kappa shape index (κ3) is 3.42. The van der Waals surface area contributed by atoms with Gasteiger partial charge in [-0.15, -0.1) is 0 Å². The van der Waals surface area contributed by atoms with Crippen LogP contribution in [0.1, 0.15) is 12.0 Å². The number of aliphatic hydroxyl groups excluding tert-OH is 2. The molecule has 4 heteroatoms. The molecule has 0 saturated carbocycles. The van der Waals surface area contributed by atoms with Gasteiger partial charge in [0.25, 0.3) is 0 Å². The van der Waals surface area contributed by atoms with Crippen LogP contribution >= 0.6 is 0 Å². The van der Waals surface area contributed by atoms with Gasteiger partial charge in [0.1, 0.15) is 0 Å². The fourth-order valence-corrected chi connectivity index (χ4v) is 1.37. The molecule has 1 aromatic carbocycles. The standard InChI is InChI=1S/C11H16O4/c1-15-11-7-8(2-3-10(11)14)6-9(13)4-5-12/h2-3,7,9,12-14H,4-6H2,1H3. The summed E-state index contributed by atoms with van der Waals surface area (Å²) in [6.07, 6.45) is 0.227. The van der Waals surface area contributed by atoms with E-state index >= 15 is 0 Å². The van der Waals surface area contributed by atoms with Gasteiger partial charge in [-0.05, 0) is 30.5 Å². The maximum Gasteiger partial charge on any atom is 0.160 e. The number of aromatic hydroxyl groups is 1. The normalized spacial score (nSPS) is 12.5. The number of hydrogen-bond acceptors (Lipinski definition) is 4. The van der Waals surface area contributed by atoms with Crippen molar-refractivity contribution in [2.75, 3.05) is 13.7 Å². The summed E-state index contributed by atoms with van der Waals surface area (Å²) in [6.45, 7) is -0.0314. The Balaban J connectivity index is 2.69. The Morgan fingerprint density at radius 2 is 2.13 bits per heavy atom. The Morgan fingerprint density at radius 3 is 2.73 bits per heavy atom. The van der Waals surface area contributed by atoms with Crippen LogP contribution < -0.4 is 4.74 Å². The fraction of sp³-hybridized carbons (Fsp3) is 0.455. The number of phenols is 1. The summed E-state index contributed by atoms with van der Waals surface area (Å²) in [5.41, 5.74) is 0.866. The largest absolute Gasteiger partial charge is 0.504 e. The molecule has 0 radical (unpaired) electrons. The predicted molar refractivity (Wildman–Crippen MR) is 56.1 cm³/mol. The smallest absolute Gasteiger partial charge is 0.160 e. The minimum atomic E-state index is -0.566. The van der Waals surface area contributed by atoms with Crippen LogP contribution in [0.15, 0.2) is 18.2 Å². The molecule has 3 N–H and O–H groups in total. The molecule has 0 aliphatic rings. The van der Waals surface area contributed by atoms with Gasteiger partial charge in [0, 0.05) is 6.61 Å². The van der Waals surface area contributed by atoms with E-state index in [9.17, 15) is 10.2 Å². The Bertz CT molecular complexity index is 311. The number of benzene rings is 1. The molecule has 84 valence electrons. The lowest BCUT2D eigenvalue weighted by atomic mass is 10.1. The van der Waals surface area contributed by atoms with Crippen LogP contribution in [0.5, 0.6) is 11.5 Å². The minimum Gasteiger partial charge on any atom is -0.504 e. The molecule has 0 bridgehead atoms. The van der Waals surface area contributed by atoms with Crippen LogP contribution in [-0.2, 0) is 6.42 Å². The highest BCUT2D eigenvalue weighted by Crippen LogP contribution is 2.26. The predicted octanol–water partition coefficient (Wildman–Crippen LogP) is 0.687. The molecular formula is C11H16O4. The summed E-state index contributed by atoms with van der Waals surface area (Å²) >= 11 is 0. The summed E-state index contributed by atoms with van der Waals surface area (Å²) in [4.78, 5) is 0.